The molecule has 2 heterocycles. The first-order valence-corrected chi connectivity index (χ1v) is 10.7. The van der Waals surface area contributed by atoms with E-state index in [9.17, 15) is 4.79 Å². The van der Waals surface area contributed by atoms with E-state index in [1.54, 1.807) is 0 Å². The maximum absolute atomic E-state index is 12.8. The van der Waals surface area contributed by atoms with E-state index in [1.807, 2.05) is 29.2 Å². The summed E-state index contributed by atoms with van der Waals surface area (Å²) in [5.74, 6) is 1.72. The fourth-order valence-electron chi connectivity index (χ4n) is 4.61. The number of para-hydroxylation sites is 1. The first-order valence-electron chi connectivity index (χ1n) is 10.7. The lowest BCUT2D eigenvalue weighted by atomic mass is 9.93. The predicted molar refractivity (Wildman–Crippen MR) is 108 cm³/mol. The highest BCUT2D eigenvalue weighted by atomic mass is 16.5. The van der Waals surface area contributed by atoms with Crippen LogP contribution in [0.4, 0.5) is 0 Å². The van der Waals surface area contributed by atoms with E-state index in [2.05, 4.69) is 17.1 Å². The molecule has 1 aliphatic carbocycles. The number of benzene rings is 1. The van der Waals surface area contributed by atoms with Gasteiger partial charge in [-0.1, -0.05) is 24.3 Å². The Morgan fingerprint density at radius 2 is 1.78 bits per heavy atom. The molecule has 1 aromatic carbocycles. The van der Waals surface area contributed by atoms with Crippen molar-refractivity contribution in [1.29, 1.82) is 0 Å². The number of rotatable bonds is 5. The summed E-state index contributed by atoms with van der Waals surface area (Å²) in [4.78, 5) is 17.4. The lowest BCUT2D eigenvalue weighted by molar-refractivity contribution is 0.0757. The molecule has 0 bridgehead atoms. The van der Waals surface area contributed by atoms with E-state index >= 15 is 0 Å². The number of hydrogen-bond donors (Lipinski definition) is 0. The van der Waals surface area contributed by atoms with Crippen molar-refractivity contribution < 1.29 is 9.53 Å². The molecule has 0 spiro atoms. The molecule has 27 heavy (non-hydrogen) atoms. The largest absolute Gasteiger partial charge is 0.489 e. The van der Waals surface area contributed by atoms with Crippen molar-refractivity contribution in [2.45, 2.75) is 51.0 Å². The van der Waals surface area contributed by atoms with Crippen LogP contribution in [0.3, 0.4) is 0 Å². The molecule has 1 atom stereocenters. The molecule has 146 valence electrons. The number of piperidine rings is 1. The van der Waals surface area contributed by atoms with Crippen LogP contribution in [0, 0.1) is 5.92 Å². The predicted octanol–water partition coefficient (Wildman–Crippen LogP) is 4.12. The topological polar surface area (TPSA) is 32.8 Å². The summed E-state index contributed by atoms with van der Waals surface area (Å²) in [6.07, 6.45) is 13.0. The highest BCUT2D eigenvalue weighted by Crippen LogP contribution is 2.27. The molecule has 4 nitrogen and oxygen atoms in total. The maximum atomic E-state index is 12.8. The number of nitrogens with zero attached hydrogens (tertiary/aromatic N) is 2. The average Bonchev–Trinajstić information content (AvgIpc) is 3.25. The van der Waals surface area contributed by atoms with Gasteiger partial charge in [-0.3, -0.25) is 4.79 Å². The highest BCUT2D eigenvalue weighted by molar-refractivity contribution is 5.97. The summed E-state index contributed by atoms with van der Waals surface area (Å²) in [5, 5.41) is 0. The lowest BCUT2D eigenvalue weighted by Gasteiger charge is -2.35. The number of ether oxygens (including phenoxy) is 1. The Hall–Kier alpha value is -1.81. The van der Waals surface area contributed by atoms with Gasteiger partial charge in [0.1, 0.15) is 11.9 Å². The zero-order valence-electron chi connectivity index (χ0n) is 16.3. The van der Waals surface area contributed by atoms with E-state index in [-0.39, 0.29) is 12.0 Å². The monoisotopic (exact) mass is 368 g/mol. The second-order valence-corrected chi connectivity index (χ2v) is 8.26. The Morgan fingerprint density at radius 1 is 1.00 bits per heavy atom. The summed E-state index contributed by atoms with van der Waals surface area (Å²) in [5.41, 5.74) is 0.732. The minimum absolute atomic E-state index is 0.130. The molecular formula is C23H32N2O2. The molecule has 0 saturated carbocycles. The van der Waals surface area contributed by atoms with Gasteiger partial charge in [0, 0.05) is 32.7 Å². The van der Waals surface area contributed by atoms with Gasteiger partial charge in [0.05, 0.1) is 5.56 Å². The molecule has 2 fully saturated rings. The van der Waals surface area contributed by atoms with Crippen LogP contribution in [0.25, 0.3) is 0 Å². The van der Waals surface area contributed by atoms with Crippen LogP contribution >= 0.6 is 0 Å². The Bertz CT molecular complexity index is 658. The maximum Gasteiger partial charge on any atom is 0.257 e. The Labute approximate surface area is 163 Å². The fourth-order valence-corrected chi connectivity index (χ4v) is 4.61. The van der Waals surface area contributed by atoms with E-state index in [1.165, 1.54) is 25.8 Å². The number of carbonyl (C=O) groups excluding carboxylic acids is 1. The van der Waals surface area contributed by atoms with Gasteiger partial charge in [-0.25, -0.2) is 0 Å². The third-order valence-electron chi connectivity index (χ3n) is 6.23. The molecule has 0 aromatic heterocycles. The van der Waals surface area contributed by atoms with E-state index < -0.39 is 0 Å². The van der Waals surface area contributed by atoms with Gasteiger partial charge in [0.2, 0.25) is 0 Å². The van der Waals surface area contributed by atoms with Crippen molar-refractivity contribution in [3.05, 3.63) is 42.0 Å². The number of likely N-dealkylation sites (tertiary alicyclic amines) is 2. The Morgan fingerprint density at radius 3 is 2.52 bits per heavy atom. The highest BCUT2D eigenvalue weighted by Gasteiger charge is 2.26. The molecule has 4 rings (SSSR count). The molecule has 0 N–H and O–H groups in total. The summed E-state index contributed by atoms with van der Waals surface area (Å²) in [7, 11) is 0. The van der Waals surface area contributed by atoms with Crippen molar-refractivity contribution >= 4 is 5.91 Å². The summed E-state index contributed by atoms with van der Waals surface area (Å²) >= 11 is 0. The number of hydrogen-bond acceptors (Lipinski definition) is 3. The van der Waals surface area contributed by atoms with Crippen LogP contribution in [0.1, 0.15) is 55.3 Å². The second-order valence-electron chi connectivity index (χ2n) is 8.26. The molecule has 2 saturated heterocycles. The molecule has 1 amide bonds. The SMILES string of the molecule is O=C(c1ccccc1OC1CCN(C[C@@H]2CC=CCC2)CC1)N1CCCC1. The van der Waals surface area contributed by atoms with Crippen molar-refractivity contribution in [1.82, 2.24) is 9.80 Å². The standard InChI is InChI=1S/C23H32N2O2/c26-23(25-14-6-7-15-25)21-10-4-5-11-22(21)27-20-12-16-24(17-13-20)18-19-8-2-1-3-9-19/h1-2,4-5,10-11,19-20H,3,6-9,12-18H2/t19-/m1/s1. The molecular weight excluding hydrogens is 336 g/mol. The van der Waals surface area contributed by atoms with E-state index in [0.29, 0.717) is 0 Å². The summed E-state index contributed by atoms with van der Waals surface area (Å²) in [6.45, 7) is 5.19. The molecule has 1 aromatic rings. The van der Waals surface area contributed by atoms with Crippen LogP contribution < -0.4 is 4.74 Å². The normalized spacial score (nSPS) is 24.3. The van der Waals surface area contributed by atoms with Crippen LogP contribution in [0.5, 0.6) is 5.75 Å². The van der Waals surface area contributed by atoms with Gasteiger partial charge in [-0.15, -0.1) is 0 Å². The zero-order valence-corrected chi connectivity index (χ0v) is 16.3. The van der Waals surface area contributed by atoms with Crippen molar-refractivity contribution in [2.75, 3.05) is 32.7 Å². The lowest BCUT2D eigenvalue weighted by Crippen LogP contribution is -2.41. The third kappa shape index (κ3) is 4.73. The zero-order chi connectivity index (χ0) is 18.5. The minimum atomic E-state index is 0.130. The fraction of sp³-hybridized carbons (Fsp3) is 0.609. The van der Waals surface area contributed by atoms with Crippen LogP contribution in [-0.4, -0.2) is 54.5 Å². The van der Waals surface area contributed by atoms with Gasteiger partial charge < -0.3 is 14.5 Å². The first-order chi connectivity index (χ1) is 13.3. The molecule has 2 aliphatic heterocycles. The second kappa shape index (κ2) is 8.92. The van der Waals surface area contributed by atoms with Crippen molar-refractivity contribution in [3.8, 4) is 5.75 Å². The van der Waals surface area contributed by atoms with Crippen LogP contribution in [0.15, 0.2) is 36.4 Å². The van der Waals surface area contributed by atoms with Gasteiger partial charge in [-0.2, -0.15) is 0 Å². The summed E-state index contributed by atoms with van der Waals surface area (Å²) in [6, 6.07) is 7.80. The molecule has 0 unspecified atom stereocenters. The quantitative estimate of drug-likeness (QED) is 0.733. The number of allylic oxidation sites excluding steroid dienone is 2. The first kappa shape index (κ1) is 18.5. The van der Waals surface area contributed by atoms with Gasteiger partial charge >= 0.3 is 0 Å². The van der Waals surface area contributed by atoms with Gasteiger partial charge in [0.25, 0.3) is 5.91 Å². The molecule has 0 radical (unpaired) electrons. The molecule has 3 aliphatic rings. The number of carbonyl (C=O) groups is 1. The van der Waals surface area contributed by atoms with E-state index in [4.69, 9.17) is 4.74 Å². The smallest absolute Gasteiger partial charge is 0.257 e. The van der Waals surface area contributed by atoms with Crippen molar-refractivity contribution in [2.24, 2.45) is 5.92 Å². The average molecular weight is 369 g/mol. The Kier molecular flexibility index (Phi) is 6.13. The van der Waals surface area contributed by atoms with Gasteiger partial charge in [-0.05, 0) is 63.0 Å². The Balaban J connectivity index is 1.31. The molecule has 4 heteroatoms. The third-order valence-corrected chi connectivity index (χ3v) is 6.23. The van der Waals surface area contributed by atoms with E-state index in [0.717, 1.165) is 69.1 Å². The van der Waals surface area contributed by atoms with Gasteiger partial charge in [0.15, 0.2) is 0 Å². The van der Waals surface area contributed by atoms with Crippen LogP contribution in [0.2, 0.25) is 0 Å². The minimum Gasteiger partial charge on any atom is -0.489 e. The van der Waals surface area contributed by atoms with Crippen molar-refractivity contribution in [3.63, 3.8) is 0 Å². The van der Waals surface area contributed by atoms with Crippen LogP contribution in [-0.2, 0) is 0 Å². The number of amides is 1. The summed E-state index contributed by atoms with van der Waals surface area (Å²) < 4.78 is 6.32.